The Kier molecular flexibility index (Phi) is 6.28. The lowest BCUT2D eigenvalue weighted by Gasteiger charge is -2.15. The van der Waals surface area contributed by atoms with Gasteiger partial charge in [-0.05, 0) is 40.8 Å². The molecule has 0 amide bonds. The first-order chi connectivity index (χ1) is 10.3. The molecule has 4 heteroatoms. The van der Waals surface area contributed by atoms with Crippen LogP contribution in [0.25, 0.3) is 0 Å². The molecule has 0 bridgehead atoms. The molecule has 1 heterocycles. The first kappa shape index (κ1) is 15.6. The van der Waals surface area contributed by atoms with Crippen LogP contribution in [0.4, 0.5) is 0 Å². The lowest BCUT2D eigenvalue weighted by atomic mass is 10.1. The van der Waals surface area contributed by atoms with Crippen LogP contribution in [0.3, 0.4) is 0 Å². The van der Waals surface area contributed by atoms with Gasteiger partial charge in [0.1, 0.15) is 0 Å². The van der Waals surface area contributed by atoms with Crippen molar-refractivity contribution < 1.29 is 0 Å². The summed E-state index contributed by atoms with van der Waals surface area (Å²) in [5.74, 6) is 1.36. The minimum Gasteiger partial charge on any atom is -0.357 e. The number of benzene rings is 1. The molecule has 0 radical (unpaired) electrons. The second-order valence-corrected chi connectivity index (χ2v) is 5.80. The van der Waals surface area contributed by atoms with E-state index in [0.717, 1.165) is 19.0 Å². The van der Waals surface area contributed by atoms with Crippen LogP contribution >= 0.6 is 11.3 Å². The van der Waals surface area contributed by atoms with Crippen LogP contribution in [0.15, 0.2) is 52.2 Å². The largest absolute Gasteiger partial charge is 0.357 e. The fraction of sp³-hybridized carbons (Fsp3) is 0.353. The number of nitrogens with one attached hydrogen (secondary N) is 2. The number of rotatable bonds is 6. The van der Waals surface area contributed by atoms with Gasteiger partial charge in [-0.1, -0.05) is 37.3 Å². The lowest BCUT2D eigenvalue weighted by Crippen LogP contribution is -2.39. The third-order valence-corrected chi connectivity index (χ3v) is 4.00. The predicted octanol–water partition coefficient (Wildman–Crippen LogP) is 3.61. The number of hydrogen-bond acceptors (Lipinski definition) is 2. The molecule has 0 spiro atoms. The van der Waals surface area contributed by atoms with Gasteiger partial charge in [-0.25, -0.2) is 4.99 Å². The van der Waals surface area contributed by atoms with Gasteiger partial charge in [0, 0.05) is 13.1 Å². The molecule has 0 aliphatic heterocycles. The molecule has 2 aromatic rings. The van der Waals surface area contributed by atoms with E-state index in [1.54, 1.807) is 11.3 Å². The quantitative estimate of drug-likeness (QED) is 0.632. The second-order valence-electron chi connectivity index (χ2n) is 5.02. The van der Waals surface area contributed by atoms with Crippen molar-refractivity contribution >= 4 is 17.3 Å². The summed E-state index contributed by atoms with van der Waals surface area (Å²) in [5, 5.41) is 11.1. The number of aliphatic imine (C=N–C) groups is 1. The molecular formula is C17H23N3S. The van der Waals surface area contributed by atoms with E-state index in [0.29, 0.717) is 12.5 Å². The summed E-state index contributed by atoms with van der Waals surface area (Å²) < 4.78 is 0. The van der Waals surface area contributed by atoms with Crippen molar-refractivity contribution in [1.29, 1.82) is 0 Å². The molecule has 2 N–H and O–H groups in total. The lowest BCUT2D eigenvalue weighted by molar-refractivity contribution is 0.701. The topological polar surface area (TPSA) is 36.4 Å². The third-order valence-electron chi connectivity index (χ3n) is 3.29. The zero-order chi connectivity index (χ0) is 14.9. The van der Waals surface area contributed by atoms with Gasteiger partial charge in [0.15, 0.2) is 5.96 Å². The molecule has 0 saturated heterocycles. The molecule has 0 saturated carbocycles. The Hall–Kier alpha value is -1.81. The summed E-state index contributed by atoms with van der Waals surface area (Å²) in [7, 11) is 0. The minimum atomic E-state index is 0.483. The Balaban J connectivity index is 1.89. The zero-order valence-corrected chi connectivity index (χ0v) is 13.5. The van der Waals surface area contributed by atoms with Gasteiger partial charge in [0.25, 0.3) is 0 Å². The standard InChI is InChI=1S/C17H23N3S/c1-3-18-17(20-12-15-7-5-4-6-8-15)19-11-14(2)16-9-10-21-13-16/h4-10,13-14H,3,11-12H2,1-2H3,(H2,18,19,20). The van der Waals surface area contributed by atoms with E-state index >= 15 is 0 Å². The fourth-order valence-corrected chi connectivity index (χ4v) is 2.80. The van der Waals surface area contributed by atoms with Gasteiger partial charge < -0.3 is 10.6 Å². The first-order valence-electron chi connectivity index (χ1n) is 7.37. The molecule has 112 valence electrons. The minimum absolute atomic E-state index is 0.483. The number of hydrogen-bond donors (Lipinski definition) is 2. The normalized spacial score (nSPS) is 13.0. The highest BCUT2D eigenvalue weighted by atomic mass is 32.1. The highest BCUT2D eigenvalue weighted by molar-refractivity contribution is 7.07. The van der Waals surface area contributed by atoms with Crippen molar-refractivity contribution in [3.8, 4) is 0 Å². The van der Waals surface area contributed by atoms with E-state index in [1.807, 2.05) is 18.2 Å². The van der Waals surface area contributed by atoms with E-state index in [1.165, 1.54) is 11.1 Å². The first-order valence-corrected chi connectivity index (χ1v) is 8.32. The Labute approximate surface area is 131 Å². The zero-order valence-electron chi connectivity index (χ0n) is 12.7. The van der Waals surface area contributed by atoms with E-state index in [-0.39, 0.29) is 0 Å². The maximum atomic E-state index is 4.63. The number of thiophene rings is 1. The average Bonchev–Trinajstić information content (AvgIpc) is 3.05. The fourth-order valence-electron chi connectivity index (χ4n) is 2.02. The molecule has 0 aliphatic rings. The molecule has 1 unspecified atom stereocenters. The summed E-state index contributed by atoms with van der Waals surface area (Å²) in [6.45, 7) is 6.77. The molecule has 1 aromatic heterocycles. The molecule has 2 rings (SSSR count). The van der Waals surface area contributed by atoms with Crippen molar-refractivity contribution in [2.45, 2.75) is 26.3 Å². The van der Waals surface area contributed by atoms with Crippen molar-refractivity contribution in [2.75, 3.05) is 13.1 Å². The SMILES string of the molecule is CCNC(=NCc1ccccc1)NCC(C)c1ccsc1. The monoisotopic (exact) mass is 301 g/mol. The van der Waals surface area contributed by atoms with Crippen molar-refractivity contribution in [3.63, 3.8) is 0 Å². The molecule has 3 nitrogen and oxygen atoms in total. The van der Waals surface area contributed by atoms with Crippen LogP contribution in [0.1, 0.15) is 30.9 Å². The molecule has 1 atom stereocenters. The Morgan fingerprint density at radius 3 is 2.67 bits per heavy atom. The molecular weight excluding hydrogens is 278 g/mol. The summed E-state index contributed by atoms with van der Waals surface area (Å²) >= 11 is 1.75. The van der Waals surface area contributed by atoms with E-state index < -0.39 is 0 Å². The maximum Gasteiger partial charge on any atom is 0.191 e. The third kappa shape index (κ3) is 5.23. The van der Waals surface area contributed by atoms with Gasteiger partial charge in [0.05, 0.1) is 6.54 Å². The van der Waals surface area contributed by atoms with Crippen molar-refractivity contribution in [1.82, 2.24) is 10.6 Å². The number of nitrogens with zero attached hydrogens (tertiary/aromatic N) is 1. The average molecular weight is 301 g/mol. The van der Waals surface area contributed by atoms with E-state index in [4.69, 9.17) is 0 Å². The summed E-state index contributed by atoms with van der Waals surface area (Å²) in [6.07, 6.45) is 0. The van der Waals surface area contributed by atoms with Crippen molar-refractivity contribution in [2.24, 2.45) is 4.99 Å². The molecule has 21 heavy (non-hydrogen) atoms. The van der Waals surface area contributed by atoms with Crippen LogP contribution in [0.2, 0.25) is 0 Å². The second kappa shape index (κ2) is 8.47. The highest BCUT2D eigenvalue weighted by Gasteiger charge is 2.06. The maximum absolute atomic E-state index is 4.63. The molecule has 0 aliphatic carbocycles. The Bertz CT molecular complexity index is 534. The van der Waals surface area contributed by atoms with E-state index in [9.17, 15) is 0 Å². The van der Waals surface area contributed by atoms with Crippen LogP contribution in [-0.4, -0.2) is 19.0 Å². The summed E-state index contributed by atoms with van der Waals surface area (Å²) in [4.78, 5) is 4.63. The predicted molar refractivity (Wildman–Crippen MR) is 92.0 cm³/mol. The summed E-state index contributed by atoms with van der Waals surface area (Å²) in [6, 6.07) is 12.5. The van der Waals surface area contributed by atoms with Gasteiger partial charge in [-0.15, -0.1) is 0 Å². The van der Waals surface area contributed by atoms with E-state index in [2.05, 4.69) is 58.4 Å². The van der Waals surface area contributed by atoms with Crippen molar-refractivity contribution in [3.05, 3.63) is 58.3 Å². The van der Waals surface area contributed by atoms with Gasteiger partial charge >= 0.3 is 0 Å². The Morgan fingerprint density at radius 2 is 2.00 bits per heavy atom. The highest BCUT2D eigenvalue weighted by Crippen LogP contribution is 2.16. The van der Waals surface area contributed by atoms with Gasteiger partial charge in [-0.2, -0.15) is 11.3 Å². The van der Waals surface area contributed by atoms with Crippen LogP contribution in [0, 0.1) is 0 Å². The Morgan fingerprint density at radius 1 is 1.19 bits per heavy atom. The van der Waals surface area contributed by atoms with Gasteiger partial charge in [-0.3, -0.25) is 0 Å². The van der Waals surface area contributed by atoms with Crippen LogP contribution in [0.5, 0.6) is 0 Å². The number of guanidine groups is 1. The van der Waals surface area contributed by atoms with Gasteiger partial charge in [0.2, 0.25) is 0 Å². The molecule has 0 fully saturated rings. The smallest absolute Gasteiger partial charge is 0.191 e. The van der Waals surface area contributed by atoms with Crippen LogP contribution in [-0.2, 0) is 6.54 Å². The summed E-state index contributed by atoms with van der Waals surface area (Å²) in [5.41, 5.74) is 2.60. The van der Waals surface area contributed by atoms with Crippen LogP contribution < -0.4 is 10.6 Å². The molecule has 1 aromatic carbocycles.